The van der Waals surface area contributed by atoms with Crippen LogP contribution in [0, 0.1) is 6.92 Å². The average molecular weight is 427 g/mol. The molecule has 5 aromatic carbocycles. The van der Waals surface area contributed by atoms with Crippen LogP contribution in [0.1, 0.15) is 5.56 Å². The van der Waals surface area contributed by atoms with Gasteiger partial charge in [0, 0.05) is 0 Å². The first-order valence-electron chi connectivity index (χ1n) is 11.4. The Hall–Kier alpha value is -3.42. The molecule has 0 N–H and O–H groups in total. The van der Waals surface area contributed by atoms with Gasteiger partial charge in [-0.2, -0.15) is 0 Å². The van der Waals surface area contributed by atoms with Crippen molar-refractivity contribution in [2.45, 2.75) is 20.0 Å². The van der Waals surface area contributed by atoms with Gasteiger partial charge in [-0.3, -0.25) is 0 Å². The lowest BCUT2D eigenvalue weighted by molar-refractivity contribution is 1.46. The van der Waals surface area contributed by atoms with Gasteiger partial charge in [0.2, 0.25) is 0 Å². The maximum Gasteiger partial charge on any atom is 0.113 e. The number of rotatable bonds is 2. The molecule has 154 valence electrons. The first kappa shape index (κ1) is 19.3. The van der Waals surface area contributed by atoms with E-state index < -0.39 is 8.07 Å². The van der Waals surface area contributed by atoms with Gasteiger partial charge in [0.1, 0.15) is 8.07 Å². The lowest BCUT2D eigenvalue weighted by Gasteiger charge is -2.22. The third kappa shape index (κ3) is 2.75. The Morgan fingerprint density at radius 2 is 1.19 bits per heavy atom. The van der Waals surface area contributed by atoms with E-state index in [-0.39, 0.29) is 0 Å². The van der Waals surface area contributed by atoms with Crippen LogP contribution in [-0.2, 0) is 0 Å². The summed E-state index contributed by atoms with van der Waals surface area (Å²) in [5.41, 5.74) is 9.45. The van der Waals surface area contributed by atoms with Gasteiger partial charge in [0.15, 0.2) is 0 Å². The minimum absolute atomic E-state index is 1.27. The molecule has 0 saturated heterocycles. The molecule has 1 heterocycles. The molecule has 0 nitrogen and oxygen atoms in total. The lowest BCUT2D eigenvalue weighted by Crippen LogP contribution is -2.49. The van der Waals surface area contributed by atoms with Crippen molar-refractivity contribution in [3.63, 3.8) is 0 Å². The van der Waals surface area contributed by atoms with Crippen molar-refractivity contribution in [3.05, 3.63) is 109 Å². The van der Waals surface area contributed by atoms with E-state index in [9.17, 15) is 0 Å². The number of benzene rings is 5. The Labute approximate surface area is 191 Å². The van der Waals surface area contributed by atoms with Gasteiger partial charge >= 0.3 is 0 Å². The monoisotopic (exact) mass is 426 g/mol. The van der Waals surface area contributed by atoms with Gasteiger partial charge in [0.05, 0.1) is 0 Å². The molecule has 0 spiro atoms. The summed E-state index contributed by atoms with van der Waals surface area (Å²) >= 11 is 0. The van der Waals surface area contributed by atoms with Crippen molar-refractivity contribution >= 4 is 29.2 Å². The van der Waals surface area contributed by atoms with E-state index in [4.69, 9.17) is 0 Å². The fraction of sp³-hybridized carbons (Fsp3) is 0.0968. The normalized spacial score (nSPS) is 13.7. The van der Waals surface area contributed by atoms with Crippen LogP contribution in [0.4, 0.5) is 0 Å². The molecule has 1 aliphatic rings. The van der Waals surface area contributed by atoms with E-state index in [1.807, 2.05) is 0 Å². The van der Waals surface area contributed by atoms with Crippen molar-refractivity contribution in [3.8, 4) is 33.4 Å². The Morgan fingerprint density at radius 1 is 0.500 bits per heavy atom. The first-order valence-corrected chi connectivity index (χ1v) is 14.4. The number of fused-ring (bicyclic) bond motifs is 5. The van der Waals surface area contributed by atoms with Gasteiger partial charge in [-0.1, -0.05) is 122 Å². The van der Waals surface area contributed by atoms with E-state index in [0.29, 0.717) is 0 Å². The molecule has 1 aliphatic heterocycles. The van der Waals surface area contributed by atoms with Crippen LogP contribution >= 0.6 is 0 Å². The largest absolute Gasteiger partial charge is 0.113 e. The molecule has 0 saturated carbocycles. The Morgan fingerprint density at radius 3 is 2.00 bits per heavy atom. The van der Waals surface area contributed by atoms with Crippen molar-refractivity contribution in [1.82, 2.24) is 0 Å². The summed E-state index contributed by atoms with van der Waals surface area (Å²) < 4.78 is 0. The molecule has 0 amide bonds. The molecule has 0 bridgehead atoms. The zero-order valence-electron chi connectivity index (χ0n) is 18.8. The highest BCUT2D eigenvalue weighted by Crippen LogP contribution is 2.41. The highest BCUT2D eigenvalue weighted by molar-refractivity contribution is 7.04. The van der Waals surface area contributed by atoms with Crippen LogP contribution < -0.4 is 10.4 Å². The van der Waals surface area contributed by atoms with Crippen LogP contribution in [0.3, 0.4) is 0 Å². The molecule has 5 aromatic rings. The third-order valence-corrected chi connectivity index (χ3v) is 10.7. The summed E-state index contributed by atoms with van der Waals surface area (Å²) in [6.07, 6.45) is 0. The topological polar surface area (TPSA) is 0 Å². The zero-order valence-corrected chi connectivity index (χ0v) is 19.8. The predicted octanol–water partition coefficient (Wildman–Crippen LogP) is 7.29. The molecule has 0 aliphatic carbocycles. The standard InChI is InChI=1S/C31H26Si/c1-21-17-18-24(27(19-21)22-11-5-4-6-12-22)28-20-30-31(25-14-8-7-13-23(25)28)26-15-9-10-16-29(26)32(30,2)3/h4-20H,1-3H3. The summed E-state index contributed by atoms with van der Waals surface area (Å²) in [4.78, 5) is 0. The third-order valence-electron chi connectivity index (χ3n) is 7.14. The average Bonchev–Trinajstić information content (AvgIpc) is 3.06. The second kappa shape index (κ2) is 7.05. The number of hydrogen-bond donors (Lipinski definition) is 0. The smallest absolute Gasteiger partial charge is 0.0623 e. The molecule has 0 unspecified atom stereocenters. The maximum atomic E-state index is 2.53. The van der Waals surface area contributed by atoms with E-state index >= 15 is 0 Å². The van der Waals surface area contributed by atoms with E-state index in [0.717, 1.165) is 0 Å². The van der Waals surface area contributed by atoms with Crippen molar-refractivity contribution < 1.29 is 0 Å². The molecular weight excluding hydrogens is 400 g/mol. The highest BCUT2D eigenvalue weighted by atomic mass is 28.3. The lowest BCUT2D eigenvalue weighted by atomic mass is 9.88. The number of hydrogen-bond acceptors (Lipinski definition) is 0. The summed E-state index contributed by atoms with van der Waals surface area (Å²) in [6, 6.07) is 38.3. The van der Waals surface area contributed by atoms with Gasteiger partial charge in [-0.05, 0) is 61.5 Å². The minimum atomic E-state index is -1.77. The van der Waals surface area contributed by atoms with Gasteiger partial charge in [-0.25, -0.2) is 0 Å². The summed E-state index contributed by atoms with van der Waals surface area (Å²) in [5.74, 6) is 0. The Kier molecular flexibility index (Phi) is 4.24. The molecule has 32 heavy (non-hydrogen) atoms. The van der Waals surface area contributed by atoms with Crippen molar-refractivity contribution in [2.24, 2.45) is 0 Å². The fourth-order valence-electron chi connectivity index (χ4n) is 5.52. The number of aryl methyl sites for hydroxylation is 1. The van der Waals surface area contributed by atoms with Gasteiger partial charge < -0.3 is 0 Å². The second-order valence-corrected chi connectivity index (χ2v) is 13.8. The Bertz CT molecular complexity index is 1490. The predicted molar refractivity (Wildman–Crippen MR) is 142 cm³/mol. The Balaban J connectivity index is 1.72. The van der Waals surface area contributed by atoms with Crippen LogP contribution in [0.25, 0.3) is 44.2 Å². The molecule has 0 atom stereocenters. The van der Waals surface area contributed by atoms with Gasteiger partial charge in [0.25, 0.3) is 0 Å². The first-order chi connectivity index (χ1) is 15.6. The van der Waals surface area contributed by atoms with Crippen LogP contribution in [-0.4, -0.2) is 8.07 Å². The second-order valence-electron chi connectivity index (χ2n) is 9.48. The van der Waals surface area contributed by atoms with Crippen LogP contribution in [0.15, 0.2) is 103 Å². The molecule has 6 rings (SSSR count). The van der Waals surface area contributed by atoms with Crippen molar-refractivity contribution in [1.29, 1.82) is 0 Å². The maximum absolute atomic E-state index is 2.53. The molecule has 0 aromatic heterocycles. The fourth-order valence-corrected chi connectivity index (χ4v) is 8.61. The van der Waals surface area contributed by atoms with Crippen LogP contribution in [0.5, 0.6) is 0 Å². The van der Waals surface area contributed by atoms with Gasteiger partial charge in [-0.15, -0.1) is 0 Å². The molecule has 0 fully saturated rings. The zero-order chi connectivity index (χ0) is 21.9. The molecule has 0 radical (unpaired) electrons. The molecule has 1 heteroatoms. The SMILES string of the molecule is Cc1ccc(-c2cc3c(c4ccccc24)-c2ccccc2[Si]3(C)C)c(-c2ccccc2)c1. The quantitative estimate of drug-likeness (QED) is 0.260. The van der Waals surface area contributed by atoms with Crippen LogP contribution in [0.2, 0.25) is 13.1 Å². The summed E-state index contributed by atoms with van der Waals surface area (Å²) in [7, 11) is -1.77. The summed E-state index contributed by atoms with van der Waals surface area (Å²) in [5, 5.41) is 5.84. The van der Waals surface area contributed by atoms with E-state index in [2.05, 4.69) is 123 Å². The molecular formula is C31H26Si. The van der Waals surface area contributed by atoms with E-state index in [1.54, 1.807) is 10.4 Å². The minimum Gasteiger partial charge on any atom is -0.0623 e. The summed E-state index contributed by atoms with van der Waals surface area (Å²) in [6.45, 7) is 7.19. The van der Waals surface area contributed by atoms with E-state index in [1.165, 1.54) is 49.7 Å². The highest BCUT2D eigenvalue weighted by Gasteiger charge is 2.38. The van der Waals surface area contributed by atoms with Crippen molar-refractivity contribution in [2.75, 3.05) is 0 Å².